The maximum Gasteiger partial charge on any atom is 0.432 e. The van der Waals surface area contributed by atoms with Gasteiger partial charge in [-0.15, -0.1) is 5.10 Å². The summed E-state index contributed by atoms with van der Waals surface area (Å²) in [5.74, 6) is -1.02. The van der Waals surface area contributed by atoms with E-state index in [-0.39, 0.29) is 42.1 Å². The van der Waals surface area contributed by atoms with Gasteiger partial charge < -0.3 is 30.2 Å². The number of fused-ring (bicyclic) bond motifs is 1. The van der Waals surface area contributed by atoms with Crippen LogP contribution in [-0.4, -0.2) is 93.6 Å². The number of hydrogen-bond acceptors (Lipinski definition) is 8. The Kier molecular flexibility index (Phi) is 7.00. The fraction of sp³-hybridized carbons (Fsp3) is 0.400. The van der Waals surface area contributed by atoms with E-state index in [9.17, 15) is 34.7 Å². The van der Waals surface area contributed by atoms with E-state index in [0.29, 0.717) is 16.9 Å². The van der Waals surface area contributed by atoms with Crippen LogP contribution in [0.25, 0.3) is 0 Å². The van der Waals surface area contributed by atoms with Gasteiger partial charge in [-0.3, -0.25) is 14.9 Å². The van der Waals surface area contributed by atoms with Crippen molar-refractivity contribution in [1.82, 2.24) is 19.6 Å². The van der Waals surface area contributed by atoms with E-state index >= 15 is 0 Å². The zero-order valence-corrected chi connectivity index (χ0v) is 18.9. The zero-order chi connectivity index (χ0) is 25.2. The van der Waals surface area contributed by atoms with Crippen LogP contribution in [0.4, 0.5) is 26.8 Å². The number of amides is 2. The first-order chi connectivity index (χ1) is 16.0. The first-order valence-electron chi connectivity index (χ1n) is 10.3. The number of nitrogens with one attached hydrogen (secondary N) is 1. The molecule has 0 atom stereocenters. The Morgan fingerprint density at radius 2 is 1.88 bits per heavy atom. The third-order valence-corrected chi connectivity index (χ3v) is 5.49. The van der Waals surface area contributed by atoms with Gasteiger partial charge in [0.05, 0.1) is 17.2 Å². The molecule has 1 aliphatic heterocycles. The van der Waals surface area contributed by atoms with E-state index in [1.165, 1.54) is 12.1 Å². The molecule has 3 N–H and O–H groups in total. The number of nitro groups is 1. The van der Waals surface area contributed by atoms with Gasteiger partial charge >= 0.3 is 12.2 Å². The van der Waals surface area contributed by atoms with Crippen molar-refractivity contribution in [3.05, 3.63) is 45.1 Å². The summed E-state index contributed by atoms with van der Waals surface area (Å²) in [6.45, 7) is 1.22. The summed E-state index contributed by atoms with van der Waals surface area (Å²) >= 11 is 0. The SMILES string of the molecule is CN(C)CCN(C)c1ccc(C(=O)Nc2nn(C(=O)O)c3c2CN(C(=O)O)CC3)c([N+](=O)[O-])c1. The fourth-order valence-corrected chi connectivity index (χ4v) is 3.60. The van der Waals surface area contributed by atoms with Crippen molar-refractivity contribution in [3.8, 4) is 0 Å². The minimum Gasteiger partial charge on any atom is -0.465 e. The molecule has 3 rings (SSSR count). The molecule has 14 nitrogen and oxygen atoms in total. The van der Waals surface area contributed by atoms with Gasteiger partial charge in [-0.1, -0.05) is 0 Å². The molecule has 0 bridgehead atoms. The third-order valence-electron chi connectivity index (χ3n) is 5.49. The minimum absolute atomic E-state index is 0.0724. The molecule has 0 saturated heterocycles. The number of aromatic nitrogens is 2. The summed E-state index contributed by atoms with van der Waals surface area (Å²) in [5.41, 5.74) is 0.374. The molecule has 0 fully saturated rings. The van der Waals surface area contributed by atoms with Crippen LogP contribution in [0.1, 0.15) is 21.6 Å². The van der Waals surface area contributed by atoms with Gasteiger partial charge in [-0.2, -0.15) is 4.68 Å². The van der Waals surface area contributed by atoms with Crippen molar-refractivity contribution < 1.29 is 29.5 Å². The lowest BCUT2D eigenvalue weighted by atomic mass is 10.1. The summed E-state index contributed by atoms with van der Waals surface area (Å²) in [6, 6.07) is 4.19. The number of benzene rings is 1. The Balaban J connectivity index is 1.92. The highest BCUT2D eigenvalue weighted by atomic mass is 16.6. The maximum atomic E-state index is 13.0. The predicted molar refractivity (Wildman–Crippen MR) is 121 cm³/mol. The molecule has 1 aliphatic rings. The largest absolute Gasteiger partial charge is 0.465 e. The second-order valence-electron chi connectivity index (χ2n) is 8.06. The third kappa shape index (κ3) is 5.06. The highest BCUT2D eigenvalue weighted by Gasteiger charge is 2.31. The number of hydrogen-bond donors (Lipinski definition) is 3. The van der Waals surface area contributed by atoms with Crippen LogP contribution in [0, 0.1) is 10.1 Å². The van der Waals surface area contributed by atoms with E-state index in [4.69, 9.17) is 0 Å². The highest BCUT2D eigenvalue weighted by molar-refractivity contribution is 6.07. The van der Waals surface area contributed by atoms with Crippen molar-refractivity contribution in [2.45, 2.75) is 13.0 Å². The summed E-state index contributed by atoms with van der Waals surface area (Å²) in [7, 11) is 5.59. The number of carboxylic acid groups (broad SMARTS) is 2. The summed E-state index contributed by atoms with van der Waals surface area (Å²) in [6.07, 6.45) is -2.50. The number of carbonyl (C=O) groups excluding carboxylic acids is 1. The van der Waals surface area contributed by atoms with E-state index < -0.39 is 28.7 Å². The number of anilines is 2. The Morgan fingerprint density at radius 3 is 2.47 bits per heavy atom. The van der Waals surface area contributed by atoms with E-state index in [0.717, 1.165) is 11.4 Å². The van der Waals surface area contributed by atoms with Crippen molar-refractivity contribution in [3.63, 3.8) is 0 Å². The Hall–Kier alpha value is -4.20. The minimum atomic E-state index is -1.39. The van der Waals surface area contributed by atoms with E-state index in [1.807, 2.05) is 23.9 Å². The molecule has 2 heterocycles. The summed E-state index contributed by atoms with van der Waals surface area (Å²) < 4.78 is 0.682. The highest BCUT2D eigenvalue weighted by Crippen LogP contribution is 2.29. The molecular formula is C20H25N7O7. The van der Waals surface area contributed by atoms with Crippen LogP contribution in [0.15, 0.2) is 18.2 Å². The molecule has 1 aromatic carbocycles. The maximum absolute atomic E-state index is 13.0. The normalized spacial score (nSPS) is 12.9. The van der Waals surface area contributed by atoms with Crippen molar-refractivity contribution in [2.75, 3.05) is 51.0 Å². The van der Waals surface area contributed by atoms with Crippen molar-refractivity contribution >= 4 is 35.3 Å². The second kappa shape index (κ2) is 9.74. The van der Waals surface area contributed by atoms with Crippen LogP contribution < -0.4 is 10.2 Å². The number of nitrogens with zero attached hydrogens (tertiary/aromatic N) is 6. The predicted octanol–water partition coefficient (Wildman–Crippen LogP) is 1.60. The molecule has 2 aromatic rings. The molecule has 0 spiro atoms. The first-order valence-corrected chi connectivity index (χ1v) is 10.3. The average Bonchev–Trinajstić information content (AvgIpc) is 3.14. The van der Waals surface area contributed by atoms with Crippen LogP contribution in [0.5, 0.6) is 0 Å². The van der Waals surface area contributed by atoms with Gasteiger partial charge in [-0.05, 0) is 26.2 Å². The standard InChI is InChI=1S/C20H25N7O7/c1-23(2)8-9-24(3)12-4-5-13(16(10-12)27(33)34)18(28)21-17-14-11-25(19(29)30)7-6-15(14)26(22-17)20(31)32/h4-5,10H,6-9,11H2,1-3H3,(H,29,30)(H,31,32)(H,21,22,28). The van der Waals surface area contributed by atoms with Gasteiger partial charge in [0.15, 0.2) is 5.82 Å². The lowest BCUT2D eigenvalue weighted by molar-refractivity contribution is -0.385. The lowest BCUT2D eigenvalue weighted by Gasteiger charge is -2.24. The molecule has 0 radical (unpaired) electrons. The van der Waals surface area contributed by atoms with Crippen molar-refractivity contribution in [2.24, 2.45) is 0 Å². The van der Waals surface area contributed by atoms with Crippen LogP contribution in [-0.2, 0) is 13.0 Å². The van der Waals surface area contributed by atoms with Gasteiger partial charge in [0.1, 0.15) is 5.56 Å². The Labute approximate surface area is 194 Å². The molecule has 182 valence electrons. The number of carbonyl (C=O) groups is 3. The average molecular weight is 475 g/mol. The van der Waals surface area contributed by atoms with Crippen LogP contribution in [0.2, 0.25) is 0 Å². The quantitative estimate of drug-likeness (QED) is 0.394. The molecule has 34 heavy (non-hydrogen) atoms. The first kappa shape index (κ1) is 24.4. The molecule has 0 aliphatic carbocycles. The zero-order valence-electron chi connectivity index (χ0n) is 18.9. The van der Waals surface area contributed by atoms with Crippen LogP contribution >= 0.6 is 0 Å². The fourth-order valence-electron chi connectivity index (χ4n) is 3.60. The second-order valence-corrected chi connectivity index (χ2v) is 8.06. The molecule has 0 unspecified atom stereocenters. The monoisotopic (exact) mass is 475 g/mol. The van der Waals surface area contributed by atoms with Gasteiger partial charge in [-0.25, -0.2) is 9.59 Å². The van der Waals surface area contributed by atoms with Crippen molar-refractivity contribution in [1.29, 1.82) is 0 Å². The topological polar surface area (TPSA) is 174 Å². The van der Waals surface area contributed by atoms with E-state index in [1.54, 1.807) is 13.1 Å². The summed E-state index contributed by atoms with van der Waals surface area (Å²) in [4.78, 5) is 51.7. The van der Waals surface area contributed by atoms with Gasteiger partial charge in [0.25, 0.3) is 11.6 Å². The van der Waals surface area contributed by atoms with Crippen LogP contribution in [0.3, 0.4) is 0 Å². The van der Waals surface area contributed by atoms with Gasteiger partial charge in [0.2, 0.25) is 0 Å². The molecule has 2 amide bonds. The smallest absolute Gasteiger partial charge is 0.432 e. The lowest BCUT2D eigenvalue weighted by Crippen LogP contribution is -2.35. The number of likely N-dealkylation sites (N-methyl/N-ethyl adjacent to an activating group) is 2. The Morgan fingerprint density at radius 1 is 1.18 bits per heavy atom. The van der Waals surface area contributed by atoms with E-state index in [2.05, 4.69) is 10.4 Å². The molecule has 1 aromatic heterocycles. The summed E-state index contributed by atoms with van der Waals surface area (Å²) in [5, 5.41) is 36.7. The number of rotatable bonds is 7. The molecule has 0 saturated carbocycles. The van der Waals surface area contributed by atoms with Gasteiger partial charge in [0, 0.05) is 50.4 Å². The molecular weight excluding hydrogens is 450 g/mol. The molecule has 14 heteroatoms. The Bertz CT molecular complexity index is 1140. The number of nitro benzene ring substituents is 1.